The maximum absolute atomic E-state index is 12.8. The SMILES string of the molecule is O=S(=O)(Nc1cccc(C(F)(F)F)c1)c1cc(OCC(F)(F)F)ccc1OCC(F)(F)F. The number of anilines is 1. The first-order valence-corrected chi connectivity index (χ1v) is 9.68. The lowest BCUT2D eigenvalue weighted by molar-refractivity contribution is -0.154. The van der Waals surface area contributed by atoms with Crippen LogP contribution in [0.25, 0.3) is 0 Å². The van der Waals surface area contributed by atoms with Crippen molar-refractivity contribution in [3.63, 3.8) is 0 Å². The molecule has 0 saturated heterocycles. The summed E-state index contributed by atoms with van der Waals surface area (Å²) in [6.07, 6.45) is -14.5. The van der Waals surface area contributed by atoms with Gasteiger partial charge in [0.2, 0.25) is 0 Å². The zero-order valence-corrected chi connectivity index (χ0v) is 16.2. The molecule has 0 aliphatic carbocycles. The number of sulfonamides is 1. The van der Waals surface area contributed by atoms with Crippen molar-refractivity contribution in [3.8, 4) is 11.5 Å². The molecule has 178 valence electrons. The first kappa shape index (κ1) is 25.4. The number of nitrogens with one attached hydrogen (secondary N) is 1. The zero-order valence-electron chi connectivity index (χ0n) is 15.4. The van der Waals surface area contributed by atoms with E-state index in [1.807, 2.05) is 0 Å². The van der Waals surface area contributed by atoms with Gasteiger partial charge in [-0.15, -0.1) is 0 Å². The van der Waals surface area contributed by atoms with Crippen molar-refractivity contribution in [1.29, 1.82) is 0 Å². The summed E-state index contributed by atoms with van der Waals surface area (Å²) in [6, 6.07) is 4.66. The predicted octanol–water partition coefficient (Wildman–Crippen LogP) is 5.39. The number of hydrogen-bond donors (Lipinski definition) is 1. The number of ether oxygens (including phenoxy) is 2. The van der Waals surface area contributed by atoms with Gasteiger partial charge in [-0.1, -0.05) is 6.07 Å². The van der Waals surface area contributed by atoms with Crippen LogP contribution in [0.2, 0.25) is 0 Å². The second-order valence-corrected chi connectivity index (χ2v) is 7.75. The van der Waals surface area contributed by atoms with Gasteiger partial charge in [-0.05, 0) is 30.3 Å². The molecule has 0 atom stereocenters. The molecular formula is C17H12F9NO4S. The molecule has 2 aromatic rings. The zero-order chi connectivity index (χ0) is 24.4. The predicted molar refractivity (Wildman–Crippen MR) is 91.8 cm³/mol. The molecule has 15 heteroatoms. The Bertz CT molecular complexity index is 1050. The smallest absolute Gasteiger partial charge is 0.422 e. The summed E-state index contributed by atoms with van der Waals surface area (Å²) >= 11 is 0. The van der Waals surface area contributed by atoms with Crippen LogP contribution < -0.4 is 14.2 Å². The second kappa shape index (κ2) is 8.96. The molecule has 0 heterocycles. The maximum Gasteiger partial charge on any atom is 0.422 e. The molecule has 0 radical (unpaired) electrons. The van der Waals surface area contributed by atoms with Crippen LogP contribution in [0, 0.1) is 0 Å². The normalized spacial score (nSPS) is 13.0. The Kier molecular flexibility index (Phi) is 7.11. The summed E-state index contributed by atoms with van der Waals surface area (Å²) < 4.78 is 149. The van der Waals surface area contributed by atoms with E-state index in [-0.39, 0.29) is 0 Å². The Morgan fingerprint density at radius 3 is 1.94 bits per heavy atom. The lowest BCUT2D eigenvalue weighted by Crippen LogP contribution is -2.22. The van der Waals surface area contributed by atoms with Gasteiger partial charge in [0.15, 0.2) is 13.2 Å². The van der Waals surface area contributed by atoms with Crippen LogP contribution in [0.5, 0.6) is 11.5 Å². The average Bonchev–Trinajstić information content (AvgIpc) is 2.63. The first-order valence-electron chi connectivity index (χ1n) is 8.19. The van der Waals surface area contributed by atoms with Crippen molar-refractivity contribution in [3.05, 3.63) is 48.0 Å². The molecule has 0 saturated carbocycles. The largest absolute Gasteiger partial charge is 0.484 e. The average molecular weight is 497 g/mol. The van der Waals surface area contributed by atoms with Crippen molar-refractivity contribution in [2.45, 2.75) is 23.4 Å². The summed E-state index contributed by atoms with van der Waals surface area (Å²) in [5, 5.41) is 0. The highest BCUT2D eigenvalue weighted by Crippen LogP contribution is 2.34. The Morgan fingerprint density at radius 2 is 1.38 bits per heavy atom. The summed E-state index contributed by atoms with van der Waals surface area (Å²) in [6.45, 7) is -3.78. The Balaban J connectivity index is 2.43. The lowest BCUT2D eigenvalue weighted by Gasteiger charge is -2.17. The maximum atomic E-state index is 12.8. The fourth-order valence-corrected chi connectivity index (χ4v) is 3.41. The fourth-order valence-electron chi connectivity index (χ4n) is 2.20. The van der Waals surface area contributed by atoms with E-state index in [1.54, 1.807) is 4.72 Å². The van der Waals surface area contributed by atoms with Gasteiger partial charge in [-0.2, -0.15) is 39.5 Å². The van der Waals surface area contributed by atoms with Crippen molar-refractivity contribution < 1.29 is 57.4 Å². The third-order valence-corrected chi connectivity index (χ3v) is 4.84. The van der Waals surface area contributed by atoms with E-state index in [0.717, 1.165) is 18.2 Å². The van der Waals surface area contributed by atoms with E-state index in [2.05, 4.69) is 9.47 Å². The van der Waals surface area contributed by atoms with Crippen LogP contribution in [0.3, 0.4) is 0 Å². The van der Waals surface area contributed by atoms with E-state index < -0.39 is 69.4 Å². The lowest BCUT2D eigenvalue weighted by atomic mass is 10.2. The molecule has 1 N–H and O–H groups in total. The molecule has 2 aromatic carbocycles. The summed E-state index contributed by atoms with van der Waals surface area (Å²) in [7, 11) is -4.92. The Labute approximate surface area is 174 Å². The molecule has 0 aliphatic rings. The number of halogens is 9. The van der Waals surface area contributed by atoms with Crippen LogP contribution in [0.4, 0.5) is 45.2 Å². The molecule has 0 fully saturated rings. The Hall–Kier alpha value is -2.84. The van der Waals surface area contributed by atoms with E-state index in [9.17, 15) is 47.9 Å². The second-order valence-electron chi connectivity index (χ2n) is 6.10. The first-order chi connectivity index (χ1) is 14.5. The van der Waals surface area contributed by atoms with Crippen LogP contribution in [0.15, 0.2) is 47.4 Å². The van der Waals surface area contributed by atoms with Crippen LogP contribution in [-0.2, 0) is 16.2 Å². The van der Waals surface area contributed by atoms with E-state index >= 15 is 0 Å². The topological polar surface area (TPSA) is 64.6 Å². The summed E-state index contributed by atoms with van der Waals surface area (Å²) in [5.41, 5.74) is -1.84. The van der Waals surface area contributed by atoms with Gasteiger partial charge < -0.3 is 9.47 Å². The molecular weight excluding hydrogens is 485 g/mol. The van der Waals surface area contributed by atoms with Crippen LogP contribution in [-0.4, -0.2) is 34.0 Å². The molecule has 2 rings (SSSR count). The van der Waals surface area contributed by atoms with Crippen molar-refractivity contribution in [2.75, 3.05) is 17.9 Å². The quantitative estimate of drug-likeness (QED) is 0.522. The van der Waals surface area contributed by atoms with E-state index in [1.165, 1.54) is 0 Å². The van der Waals surface area contributed by atoms with Crippen molar-refractivity contribution in [2.24, 2.45) is 0 Å². The molecule has 0 aromatic heterocycles. The fraction of sp³-hybridized carbons (Fsp3) is 0.294. The molecule has 0 spiro atoms. The molecule has 0 bridgehead atoms. The van der Waals surface area contributed by atoms with Crippen LogP contribution in [0.1, 0.15) is 5.56 Å². The summed E-state index contributed by atoms with van der Waals surface area (Å²) in [5.74, 6) is -1.60. The molecule has 0 amide bonds. The van der Waals surface area contributed by atoms with E-state index in [4.69, 9.17) is 0 Å². The number of alkyl halides is 9. The minimum atomic E-state index is -4.92. The van der Waals surface area contributed by atoms with Crippen LogP contribution >= 0.6 is 0 Å². The van der Waals surface area contributed by atoms with Gasteiger partial charge >= 0.3 is 18.5 Å². The highest BCUT2D eigenvalue weighted by molar-refractivity contribution is 7.92. The van der Waals surface area contributed by atoms with Crippen molar-refractivity contribution >= 4 is 15.7 Å². The Morgan fingerprint density at radius 1 is 0.781 bits per heavy atom. The standard InChI is InChI=1S/C17H12F9NO4S/c18-15(19,20)8-30-12-4-5-13(31-9-16(21,22)23)14(7-12)32(28,29)27-11-3-1-2-10(6-11)17(24,25)26/h1-7,27H,8-9H2. The molecule has 0 unspecified atom stereocenters. The minimum absolute atomic E-state index is 0.414. The van der Waals surface area contributed by atoms with Gasteiger partial charge in [-0.3, -0.25) is 4.72 Å². The highest BCUT2D eigenvalue weighted by Gasteiger charge is 2.33. The monoisotopic (exact) mass is 497 g/mol. The minimum Gasteiger partial charge on any atom is -0.484 e. The van der Waals surface area contributed by atoms with Gasteiger partial charge in [-0.25, -0.2) is 8.42 Å². The van der Waals surface area contributed by atoms with Gasteiger partial charge in [0.25, 0.3) is 10.0 Å². The molecule has 5 nitrogen and oxygen atoms in total. The third kappa shape index (κ3) is 7.69. The van der Waals surface area contributed by atoms with Gasteiger partial charge in [0.1, 0.15) is 16.4 Å². The summed E-state index contributed by atoms with van der Waals surface area (Å²) in [4.78, 5) is -1.08. The third-order valence-electron chi connectivity index (χ3n) is 3.44. The molecule has 0 aliphatic heterocycles. The number of rotatable bonds is 7. The highest BCUT2D eigenvalue weighted by atomic mass is 32.2. The van der Waals surface area contributed by atoms with Gasteiger partial charge in [0.05, 0.1) is 5.56 Å². The van der Waals surface area contributed by atoms with E-state index in [0.29, 0.717) is 24.3 Å². The number of hydrogen-bond acceptors (Lipinski definition) is 4. The van der Waals surface area contributed by atoms with Gasteiger partial charge in [0, 0.05) is 11.8 Å². The molecule has 32 heavy (non-hydrogen) atoms. The van der Waals surface area contributed by atoms with Crippen molar-refractivity contribution in [1.82, 2.24) is 0 Å². The number of benzene rings is 2.